The van der Waals surface area contributed by atoms with Crippen LogP contribution >= 0.6 is 24.0 Å². The molecule has 1 fully saturated rings. The third kappa shape index (κ3) is 6.83. The Morgan fingerprint density at radius 3 is 2.59 bits per heavy atom. The number of halogens is 1. The molecule has 22 heavy (non-hydrogen) atoms. The fourth-order valence-corrected chi connectivity index (χ4v) is 2.11. The lowest BCUT2D eigenvalue weighted by molar-refractivity contribution is 0.146. The van der Waals surface area contributed by atoms with Crippen molar-refractivity contribution in [3.63, 3.8) is 0 Å². The molecule has 6 heteroatoms. The molecule has 1 aliphatic rings. The average molecular weight is 419 g/mol. The van der Waals surface area contributed by atoms with Gasteiger partial charge in [0.05, 0.1) is 13.2 Å². The first-order valence-electron chi connectivity index (χ1n) is 7.52. The van der Waals surface area contributed by atoms with E-state index in [4.69, 9.17) is 15.2 Å². The quantitative estimate of drug-likeness (QED) is 0.294. The van der Waals surface area contributed by atoms with Crippen LogP contribution in [-0.4, -0.2) is 32.8 Å². The van der Waals surface area contributed by atoms with Crippen molar-refractivity contribution >= 4 is 29.9 Å². The molecule has 2 rings (SSSR count). The number of nitrogens with two attached hydrogens (primary N) is 1. The number of rotatable bonds is 8. The summed E-state index contributed by atoms with van der Waals surface area (Å²) in [5.74, 6) is 2.15. The molecule has 0 aromatic heterocycles. The minimum Gasteiger partial charge on any atom is -0.491 e. The highest BCUT2D eigenvalue weighted by molar-refractivity contribution is 14.0. The van der Waals surface area contributed by atoms with E-state index in [1.165, 1.54) is 19.3 Å². The lowest BCUT2D eigenvalue weighted by Crippen LogP contribution is -2.37. The predicted octanol–water partition coefficient (Wildman–Crippen LogP) is 2.53. The summed E-state index contributed by atoms with van der Waals surface area (Å²) in [5, 5.41) is 3.19. The molecule has 0 bridgehead atoms. The molecule has 0 atom stereocenters. The highest BCUT2D eigenvalue weighted by atomic mass is 127. The monoisotopic (exact) mass is 419 g/mol. The SMILES string of the molecule is COCCOc1ccc(CN=C(N)NCC2CCC2)cc1.I. The van der Waals surface area contributed by atoms with Gasteiger partial charge < -0.3 is 20.5 Å². The number of hydrogen-bond acceptors (Lipinski definition) is 3. The number of hydrogen-bond donors (Lipinski definition) is 2. The second-order valence-corrected chi connectivity index (χ2v) is 5.36. The zero-order chi connectivity index (χ0) is 14.9. The summed E-state index contributed by atoms with van der Waals surface area (Å²) in [4.78, 5) is 4.35. The molecule has 1 aromatic rings. The third-order valence-corrected chi connectivity index (χ3v) is 3.71. The molecule has 0 aliphatic heterocycles. The van der Waals surface area contributed by atoms with E-state index in [-0.39, 0.29) is 24.0 Å². The molecule has 3 N–H and O–H groups in total. The van der Waals surface area contributed by atoms with Crippen LogP contribution in [0.25, 0.3) is 0 Å². The lowest BCUT2D eigenvalue weighted by atomic mass is 9.85. The summed E-state index contributed by atoms with van der Waals surface area (Å²) in [6.45, 7) is 2.69. The zero-order valence-electron chi connectivity index (χ0n) is 13.1. The Labute approximate surface area is 149 Å². The fourth-order valence-electron chi connectivity index (χ4n) is 2.11. The summed E-state index contributed by atoms with van der Waals surface area (Å²) in [6.07, 6.45) is 3.97. The number of benzene rings is 1. The standard InChI is InChI=1S/C16H25N3O2.HI/c1-20-9-10-21-15-7-5-14(6-8-15)12-19-16(17)18-11-13-3-2-4-13;/h5-8,13H,2-4,9-12H2,1H3,(H3,17,18,19);1H. The Kier molecular flexibility index (Phi) is 9.22. The van der Waals surface area contributed by atoms with Crippen LogP contribution in [0.3, 0.4) is 0 Å². The van der Waals surface area contributed by atoms with Gasteiger partial charge in [-0.15, -0.1) is 24.0 Å². The van der Waals surface area contributed by atoms with Crippen molar-refractivity contribution in [2.75, 3.05) is 26.9 Å². The summed E-state index contributed by atoms with van der Waals surface area (Å²) in [7, 11) is 1.66. The van der Waals surface area contributed by atoms with Crippen LogP contribution in [0.15, 0.2) is 29.3 Å². The first-order valence-corrected chi connectivity index (χ1v) is 7.52. The largest absolute Gasteiger partial charge is 0.491 e. The summed E-state index contributed by atoms with van der Waals surface area (Å²) >= 11 is 0. The van der Waals surface area contributed by atoms with Gasteiger partial charge in [0.1, 0.15) is 12.4 Å². The fraction of sp³-hybridized carbons (Fsp3) is 0.562. The summed E-state index contributed by atoms with van der Waals surface area (Å²) in [6, 6.07) is 7.90. The number of nitrogens with zero attached hydrogens (tertiary/aromatic N) is 1. The van der Waals surface area contributed by atoms with Gasteiger partial charge in [-0.25, -0.2) is 4.99 Å². The average Bonchev–Trinajstić information content (AvgIpc) is 2.45. The maximum atomic E-state index is 5.86. The van der Waals surface area contributed by atoms with Gasteiger partial charge in [0.15, 0.2) is 5.96 Å². The van der Waals surface area contributed by atoms with Gasteiger partial charge in [-0.1, -0.05) is 18.6 Å². The Bertz CT molecular complexity index is 447. The summed E-state index contributed by atoms with van der Waals surface area (Å²) < 4.78 is 10.5. The zero-order valence-corrected chi connectivity index (χ0v) is 15.4. The highest BCUT2D eigenvalue weighted by Crippen LogP contribution is 2.24. The Morgan fingerprint density at radius 1 is 1.27 bits per heavy atom. The van der Waals surface area contributed by atoms with Gasteiger partial charge in [0, 0.05) is 13.7 Å². The minimum atomic E-state index is 0. The van der Waals surface area contributed by atoms with Crippen LogP contribution in [0, 0.1) is 5.92 Å². The minimum absolute atomic E-state index is 0. The molecule has 0 amide bonds. The molecule has 0 spiro atoms. The maximum Gasteiger partial charge on any atom is 0.188 e. The van der Waals surface area contributed by atoms with Gasteiger partial charge in [0.2, 0.25) is 0 Å². The molecule has 5 nitrogen and oxygen atoms in total. The van der Waals surface area contributed by atoms with E-state index in [2.05, 4.69) is 10.3 Å². The second-order valence-electron chi connectivity index (χ2n) is 5.36. The molecule has 124 valence electrons. The predicted molar refractivity (Wildman–Crippen MR) is 99.9 cm³/mol. The molecule has 1 saturated carbocycles. The van der Waals surface area contributed by atoms with Gasteiger partial charge >= 0.3 is 0 Å². The Morgan fingerprint density at radius 2 is 2.00 bits per heavy atom. The van der Waals surface area contributed by atoms with Crippen LogP contribution in [0.1, 0.15) is 24.8 Å². The molecule has 0 unspecified atom stereocenters. The van der Waals surface area contributed by atoms with E-state index < -0.39 is 0 Å². The Hall–Kier alpha value is -1.02. The van der Waals surface area contributed by atoms with Crippen LogP contribution in [0.5, 0.6) is 5.75 Å². The van der Waals surface area contributed by atoms with E-state index in [0.29, 0.717) is 25.7 Å². The smallest absolute Gasteiger partial charge is 0.188 e. The van der Waals surface area contributed by atoms with Crippen molar-refractivity contribution in [3.8, 4) is 5.75 Å². The van der Waals surface area contributed by atoms with Crippen molar-refractivity contribution in [1.82, 2.24) is 5.32 Å². The maximum absolute atomic E-state index is 5.86. The van der Waals surface area contributed by atoms with Crippen LogP contribution in [-0.2, 0) is 11.3 Å². The van der Waals surface area contributed by atoms with E-state index in [9.17, 15) is 0 Å². The van der Waals surface area contributed by atoms with Crippen molar-refractivity contribution in [3.05, 3.63) is 29.8 Å². The molecule has 1 aromatic carbocycles. The first kappa shape index (κ1) is 19.0. The van der Waals surface area contributed by atoms with Gasteiger partial charge in [-0.2, -0.15) is 0 Å². The highest BCUT2D eigenvalue weighted by Gasteiger charge is 2.16. The third-order valence-electron chi connectivity index (χ3n) is 3.71. The van der Waals surface area contributed by atoms with E-state index >= 15 is 0 Å². The molecular weight excluding hydrogens is 393 g/mol. The molecular formula is C16H26IN3O2. The number of guanidine groups is 1. The topological polar surface area (TPSA) is 68.9 Å². The van der Waals surface area contributed by atoms with Gasteiger partial charge in [-0.3, -0.25) is 0 Å². The number of methoxy groups -OCH3 is 1. The van der Waals surface area contributed by atoms with Gasteiger partial charge in [-0.05, 0) is 36.5 Å². The molecule has 0 saturated heterocycles. The molecule has 1 aliphatic carbocycles. The van der Waals surface area contributed by atoms with Crippen molar-refractivity contribution in [2.24, 2.45) is 16.6 Å². The lowest BCUT2D eigenvalue weighted by Gasteiger charge is -2.25. The van der Waals surface area contributed by atoms with Crippen molar-refractivity contribution in [2.45, 2.75) is 25.8 Å². The van der Waals surface area contributed by atoms with Crippen LogP contribution < -0.4 is 15.8 Å². The van der Waals surface area contributed by atoms with E-state index in [0.717, 1.165) is 23.8 Å². The van der Waals surface area contributed by atoms with E-state index in [1.807, 2.05) is 24.3 Å². The van der Waals surface area contributed by atoms with Crippen molar-refractivity contribution < 1.29 is 9.47 Å². The van der Waals surface area contributed by atoms with Gasteiger partial charge in [0.25, 0.3) is 0 Å². The Balaban J connectivity index is 0.00000242. The molecule has 0 heterocycles. The van der Waals surface area contributed by atoms with Crippen LogP contribution in [0.4, 0.5) is 0 Å². The first-order chi connectivity index (χ1) is 10.3. The van der Waals surface area contributed by atoms with Crippen LogP contribution in [0.2, 0.25) is 0 Å². The number of nitrogens with one attached hydrogen (secondary N) is 1. The van der Waals surface area contributed by atoms with Crippen molar-refractivity contribution in [1.29, 1.82) is 0 Å². The number of ether oxygens (including phenoxy) is 2. The normalized spacial score (nSPS) is 14.9. The van der Waals surface area contributed by atoms with E-state index in [1.54, 1.807) is 7.11 Å². The summed E-state index contributed by atoms with van der Waals surface area (Å²) in [5.41, 5.74) is 6.97. The molecule has 0 radical (unpaired) electrons. The second kappa shape index (κ2) is 10.7. The number of aliphatic imine (C=N–C) groups is 1.